The molecular weight excluding hydrogens is 238 g/mol. The van der Waals surface area contributed by atoms with Crippen molar-refractivity contribution in [3.63, 3.8) is 0 Å². The highest BCUT2D eigenvalue weighted by molar-refractivity contribution is 5.90. The molecule has 0 aliphatic carbocycles. The highest BCUT2D eigenvalue weighted by Gasteiger charge is 2.28. The van der Waals surface area contributed by atoms with Crippen LogP contribution in [0.2, 0.25) is 0 Å². The van der Waals surface area contributed by atoms with E-state index in [1.54, 1.807) is 13.2 Å². The molecule has 110 valence electrons. The number of methoxy groups -OCH3 is 1. The molecule has 19 heavy (non-hydrogen) atoms. The van der Waals surface area contributed by atoms with E-state index in [1.807, 2.05) is 6.08 Å². The Balaban J connectivity index is 2.40. The first-order valence-electron chi connectivity index (χ1n) is 7.24. The van der Waals surface area contributed by atoms with Gasteiger partial charge in [-0.25, -0.2) is 0 Å². The van der Waals surface area contributed by atoms with Gasteiger partial charge in [-0.3, -0.25) is 9.69 Å². The summed E-state index contributed by atoms with van der Waals surface area (Å²) in [5.74, 6) is 0.946. The zero-order valence-corrected chi connectivity index (χ0v) is 13.1. The number of likely N-dealkylation sites (tertiary alicyclic amines) is 1. The lowest BCUT2D eigenvalue weighted by atomic mass is 9.90. The van der Waals surface area contributed by atoms with Crippen LogP contribution in [0.3, 0.4) is 0 Å². The van der Waals surface area contributed by atoms with Crippen LogP contribution < -0.4 is 0 Å². The van der Waals surface area contributed by atoms with Crippen molar-refractivity contribution in [1.82, 2.24) is 4.90 Å². The first-order valence-corrected chi connectivity index (χ1v) is 7.24. The predicted octanol–water partition coefficient (Wildman–Crippen LogP) is 2.90. The van der Waals surface area contributed by atoms with E-state index in [-0.39, 0.29) is 11.2 Å². The largest absolute Gasteiger partial charge is 0.383 e. The van der Waals surface area contributed by atoms with E-state index >= 15 is 0 Å². The molecule has 0 N–H and O–H groups in total. The Bertz CT molecular complexity index is 317. The number of allylic oxidation sites excluding steroid dienone is 1. The Morgan fingerprint density at radius 1 is 1.42 bits per heavy atom. The van der Waals surface area contributed by atoms with Gasteiger partial charge in [0.05, 0.1) is 6.61 Å². The van der Waals surface area contributed by atoms with Gasteiger partial charge in [-0.2, -0.15) is 0 Å². The molecule has 1 heterocycles. The topological polar surface area (TPSA) is 29.5 Å². The Labute approximate surface area is 118 Å². The van der Waals surface area contributed by atoms with Gasteiger partial charge in [-0.1, -0.05) is 33.8 Å². The molecule has 1 aliphatic rings. The molecule has 2 atom stereocenters. The molecule has 1 aliphatic heterocycles. The molecule has 1 rings (SSSR count). The van der Waals surface area contributed by atoms with Crippen LogP contribution >= 0.6 is 0 Å². The predicted molar refractivity (Wildman–Crippen MR) is 79.2 cm³/mol. The lowest BCUT2D eigenvalue weighted by molar-refractivity contribution is -0.116. The minimum absolute atomic E-state index is 0.0716. The third-order valence-electron chi connectivity index (χ3n) is 3.44. The highest BCUT2D eigenvalue weighted by atomic mass is 16.5. The van der Waals surface area contributed by atoms with Crippen molar-refractivity contribution in [2.45, 2.75) is 46.6 Å². The average molecular weight is 267 g/mol. The van der Waals surface area contributed by atoms with Gasteiger partial charge in [-0.15, -0.1) is 0 Å². The van der Waals surface area contributed by atoms with Crippen molar-refractivity contribution in [1.29, 1.82) is 0 Å². The molecule has 0 aromatic carbocycles. The van der Waals surface area contributed by atoms with Crippen LogP contribution in [0.5, 0.6) is 0 Å². The molecule has 0 aromatic rings. The second-order valence-corrected chi connectivity index (χ2v) is 7.01. The van der Waals surface area contributed by atoms with E-state index in [4.69, 9.17) is 4.74 Å². The van der Waals surface area contributed by atoms with Gasteiger partial charge in [0.1, 0.15) is 0 Å². The number of hydrogen-bond donors (Lipinski definition) is 0. The molecule has 0 saturated carbocycles. The number of carbonyl (C=O) groups is 1. The maximum Gasteiger partial charge on any atom is 0.155 e. The Morgan fingerprint density at radius 3 is 2.68 bits per heavy atom. The molecule has 0 bridgehead atoms. The van der Waals surface area contributed by atoms with E-state index in [9.17, 15) is 4.79 Å². The molecule has 1 fully saturated rings. The van der Waals surface area contributed by atoms with E-state index in [0.717, 1.165) is 25.6 Å². The molecule has 2 unspecified atom stereocenters. The standard InChI is InChI=1S/C16H29NO2/c1-13-9-14(12-19-5)17(11-13)8-6-7-15(18)10-16(2,3)4/h6-7,13-14H,8-12H2,1-5H3/b7-6+. The number of rotatable bonds is 6. The second kappa shape index (κ2) is 7.20. The van der Waals surface area contributed by atoms with Crippen LogP contribution in [0.4, 0.5) is 0 Å². The van der Waals surface area contributed by atoms with Crippen LogP contribution in [0, 0.1) is 11.3 Å². The summed E-state index contributed by atoms with van der Waals surface area (Å²) in [6, 6.07) is 0.502. The number of hydrogen-bond acceptors (Lipinski definition) is 3. The summed E-state index contributed by atoms with van der Waals surface area (Å²) < 4.78 is 5.26. The molecule has 3 heteroatoms. The Kier molecular flexibility index (Phi) is 6.21. The fourth-order valence-corrected chi connectivity index (χ4v) is 2.73. The summed E-state index contributed by atoms with van der Waals surface area (Å²) >= 11 is 0. The number of ether oxygens (including phenoxy) is 1. The number of nitrogens with zero attached hydrogens (tertiary/aromatic N) is 1. The summed E-state index contributed by atoms with van der Waals surface area (Å²) in [4.78, 5) is 14.2. The van der Waals surface area contributed by atoms with Crippen LogP contribution in [0.1, 0.15) is 40.5 Å². The van der Waals surface area contributed by atoms with Gasteiger partial charge in [0.15, 0.2) is 5.78 Å². The summed E-state index contributed by atoms with van der Waals surface area (Å²) in [6.07, 6.45) is 5.56. The number of ketones is 1. The fraction of sp³-hybridized carbons (Fsp3) is 0.812. The normalized spacial score (nSPS) is 25.3. The maximum absolute atomic E-state index is 11.8. The van der Waals surface area contributed by atoms with Crippen molar-refractivity contribution in [2.75, 3.05) is 26.8 Å². The minimum atomic E-state index is 0.0716. The van der Waals surface area contributed by atoms with Gasteiger partial charge in [0.25, 0.3) is 0 Å². The van der Waals surface area contributed by atoms with Gasteiger partial charge in [0, 0.05) is 32.7 Å². The van der Waals surface area contributed by atoms with Crippen LogP contribution in [0.15, 0.2) is 12.2 Å². The van der Waals surface area contributed by atoms with Crippen molar-refractivity contribution in [3.8, 4) is 0 Å². The van der Waals surface area contributed by atoms with Crippen LogP contribution in [-0.4, -0.2) is 43.5 Å². The third kappa shape index (κ3) is 6.35. The molecule has 0 radical (unpaired) electrons. The summed E-state index contributed by atoms with van der Waals surface area (Å²) in [5, 5.41) is 0. The van der Waals surface area contributed by atoms with Crippen molar-refractivity contribution in [3.05, 3.63) is 12.2 Å². The number of carbonyl (C=O) groups excluding carboxylic acids is 1. The summed E-state index contributed by atoms with van der Waals surface area (Å²) in [5.41, 5.74) is 0.0716. The van der Waals surface area contributed by atoms with E-state index in [0.29, 0.717) is 12.5 Å². The molecule has 0 spiro atoms. The second-order valence-electron chi connectivity index (χ2n) is 7.01. The summed E-state index contributed by atoms with van der Waals surface area (Å²) in [7, 11) is 1.75. The van der Waals surface area contributed by atoms with Gasteiger partial charge >= 0.3 is 0 Å². The lowest BCUT2D eigenvalue weighted by Crippen LogP contribution is -2.33. The van der Waals surface area contributed by atoms with Gasteiger partial charge in [-0.05, 0) is 23.8 Å². The minimum Gasteiger partial charge on any atom is -0.383 e. The van der Waals surface area contributed by atoms with E-state index in [2.05, 4.69) is 32.6 Å². The highest BCUT2D eigenvalue weighted by Crippen LogP contribution is 2.23. The van der Waals surface area contributed by atoms with Gasteiger partial charge in [0.2, 0.25) is 0 Å². The quantitative estimate of drug-likeness (QED) is 0.693. The molecule has 0 amide bonds. The fourth-order valence-electron chi connectivity index (χ4n) is 2.73. The lowest BCUT2D eigenvalue weighted by Gasteiger charge is -2.22. The van der Waals surface area contributed by atoms with Gasteiger partial charge < -0.3 is 4.74 Å². The van der Waals surface area contributed by atoms with Crippen LogP contribution in [-0.2, 0) is 9.53 Å². The average Bonchev–Trinajstić information content (AvgIpc) is 2.57. The monoisotopic (exact) mass is 267 g/mol. The van der Waals surface area contributed by atoms with Crippen molar-refractivity contribution >= 4 is 5.78 Å². The molecular formula is C16H29NO2. The van der Waals surface area contributed by atoms with Crippen LogP contribution in [0.25, 0.3) is 0 Å². The van der Waals surface area contributed by atoms with E-state index < -0.39 is 0 Å². The first kappa shape index (κ1) is 16.4. The molecule has 3 nitrogen and oxygen atoms in total. The Morgan fingerprint density at radius 2 is 2.11 bits per heavy atom. The Hall–Kier alpha value is -0.670. The third-order valence-corrected chi connectivity index (χ3v) is 3.44. The zero-order chi connectivity index (χ0) is 14.5. The SMILES string of the molecule is COCC1CC(C)CN1C/C=C/C(=O)CC(C)(C)C. The van der Waals surface area contributed by atoms with E-state index in [1.165, 1.54) is 6.42 Å². The van der Waals surface area contributed by atoms with Crippen molar-refractivity contribution < 1.29 is 9.53 Å². The van der Waals surface area contributed by atoms with Crippen molar-refractivity contribution in [2.24, 2.45) is 11.3 Å². The molecule has 0 aromatic heterocycles. The zero-order valence-electron chi connectivity index (χ0n) is 13.1. The maximum atomic E-state index is 11.8. The summed E-state index contributed by atoms with van der Waals surface area (Å²) in [6.45, 7) is 11.3. The molecule has 1 saturated heterocycles. The first-order chi connectivity index (χ1) is 8.81. The smallest absolute Gasteiger partial charge is 0.155 e.